The zero-order valence-electron chi connectivity index (χ0n) is 11.5. The predicted molar refractivity (Wildman–Crippen MR) is 69.4 cm³/mol. The fourth-order valence-corrected chi connectivity index (χ4v) is 3.33. The van der Waals surface area contributed by atoms with Gasteiger partial charge >= 0.3 is 0 Å². The minimum Gasteiger partial charge on any atom is -0.352 e. The molecule has 0 aliphatic heterocycles. The first-order valence-electron chi connectivity index (χ1n) is 6.82. The van der Waals surface area contributed by atoms with Crippen LogP contribution in [-0.4, -0.2) is 18.0 Å². The summed E-state index contributed by atoms with van der Waals surface area (Å²) in [7, 11) is 0. The maximum atomic E-state index is 12.0. The van der Waals surface area contributed by atoms with Crippen molar-refractivity contribution in [3.8, 4) is 0 Å². The Labute approximate surface area is 105 Å². The molecule has 2 rings (SSSR count). The first-order chi connectivity index (χ1) is 7.76. The van der Waals surface area contributed by atoms with Gasteiger partial charge in [-0.25, -0.2) is 0 Å². The van der Waals surface area contributed by atoms with E-state index in [1.54, 1.807) is 0 Å². The van der Waals surface area contributed by atoms with E-state index in [-0.39, 0.29) is 22.8 Å². The van der Waals surface area contributed by atoms with E-state index in [1.807, 2.05) is 0 Å². The third-order valence-electron chi connectivity index (χ3n) is 5.49. The molecule has 0 aromatic carbocycles. The fourth-order valence-electron chi connectivity index (χ4n) is 3.33. The Balaban J connectivity index is 1.83. The number of hydrogen-bond donors (Lipinski definition) is 2. The Hall–Kier alpha value is -0.570. The lowest BCUT2D eigenvalue weighted by molar-refractivity contribution is -0.122. The molecule has 3 heteroatoms. The molecule has 0 aromatic rings. The lowest BCUT2D eigenvalue weighted by Gasteiger charge is -2.15. The van der Waals surface area contributed by atoms with Gasteiger partial charge in [-0.2, -0.15) is 0 Å². The minimum absolute atomic E-state index is 0.191. The molecule has 3 N–H and O–H groups in total. The molecule has 2 atom stereocenters. The summed E-state index contributed by atoms with van der Waals surface area (Å²) in [4.78, 5) is 12.0. The zero-order valence-corrected chi connectivity index (χ0v) is 11.5. The van der Waals surface area contributed by atoms with Gasteiger partial charge in [-0.1, -0.05) is 34.1 Å². The molecule has 0 saturated heterocycles. The number of nitrogens with two attached hydrogens (primary N) is 1. The maximum Gasteiger partial charge on any atom is 0.220 e. The molecule has 17 heavy (non-hydrogen) atoms. The summed E-state index contributed by atoms with van der Waals surface area (Å²) >= 11 is 0. The van der Waals surface area contributed by atoms with Gasteiger partial charge in [0.15, 0.2) is 0 Å². The lowest BCUT2D eigenvalue weighted by atomic mass is 10.00. The molecule has 0 bridgehead atoms. The van der Waals surface area contributed by atoms with Crippen LogP contribution < -0.4 is 11.1 Å². The first-order valence-corrected chi connectivity index (χ1v) is 6.82. The van der Waals surface area contributed by atoms with Crippen molar-refractivity contribution < 1.29 is 4.79 Å². The van der Waals surface area contributed by atoms with Gasteiger partial charge in [-0.05, 0) is 29.6 Å². The molecule has 98 valence electrons. The number of carbonyl (C=O) groups is 1. The van der Waals surface area contributed by atoms with E-state index < -0.39 is 0 Å². The van der Waals surface area contributed by atoms with E-state index in [0.29, 0.717) is 18.4 Å². The molecule has 1 amide bonds. The SMILES string of the molecule is CC1(C)C(NC(=O)C[C@@H]2CCC[C@H]2N)C1(C)C. The van der Waals surface area contributed by atoms with Crippen LogP contribution in [0.25, 0.3) is 0 Å². The van der Waals surface area contributed by atoms with E-state index in [0.717, 1.165) is 12.8 Å². The Morgan fingerprint density at radius 2 is 1.82 bits per heavy atom. The van der Waals surface area contributed by atoms with Gasteiger partial charge in [0.25, 0.3) is 0 Å². The minimum atomic E-state index is 0.191. The Morgan fingerprint density at radius 1 is 1.24 bits per heavy atom. The number of nitrogens with one attached hydrogen (secondary N) is 1. The van der Waals surface area contributed by atoms with Crippen LogP contribution in [0, 0.1) is 16.7 Å². The average Bonchev–Trinajstić information content (AvgIpc) is 2.52. The molecule has 0 aromatic heterocycles. The van der Waals surface area contributed by atoms with Crippen LogP contribution in [0.2, 0.25) is 0 Å². The van der Waals surface area contributed by atoms with Crippen molar-refractivity contribution >= 4 is 5.91 Å². The van der Waals surface area contributed by atoms with Gasteiger partial charge in [0.1, 0.15) is 0 Å². The van der Waals surface area contributed by atoms with Crippen molar-refractivity contribution in [3.63, 3.8) is 0 Å². The lowest BCUT2D eigenvalue weighted by Crippen LogP contribution is -2.34. The average molecular weight is 238 g/mol. The normalized spacial score (nSPS) is 34.6. The van der Waals surface area contributed by atoms with Gasteiger partial charge < -0.3 is 11.1 Å². The fraction of sp³-hybridized carbons (Fsp3) is 0.929. The molecule has 0 radical (unpaired) electrons. The highest BCUT2D eigenvalue weighted by molar-refractivity contribution is 5.77. The van der Waals surface area contributed by atoms with Crippen LogP contribution in [0.1, 0.15) is 53.4 Å². The Kier molecular flexibility index (Phi) is 3.01. The van der Waals surface area contributed by atoms with E-state index in [4.69, 9.17) is 5.73 Å². The number of rotatable bonds is 3. The third kappa shape index (κ3) is 2.10. The van der Waals surface area contributed by atoms with Crippen molar-refractivity contribution in [1.29, 1.82) is 0 Å². The smallest absolute Gasteiger partial charge is 0.220 e. The monoisotopic (exact) mass is 238 g/mol. The van der Waals surface area contributed by atoms with Gasteiger partial charge in [0, 0.05) is 18.5 Å². The second kappa shape index (κ2) is 3.98. The Morgan fingerprint density at radius 3 is 2.24 bits per heavy atom. The highest BCUT2D eigenvalue weighted by atomic mass is 16.1. The van der Waals surface area contributed by atoms with Gasteiger partial charge in [-0.3, -0.25) is 4.79 Å². The van der Waals surface area contributed by atoms with E-state index >= 15 is 0 Å². The van der Waals surface area contributed by atoms with Crippen molar-refractivity contribution in [2.24, 2.45) is 22.5 Å². The molecule has 3 nitrogen and oxygen atoms in total. The Bertz CT molecular complexity index is 308. The van der Waals surface area contributed by atoms with Crippen molar-refractivity contribution in [2.45, 2.75) is 65.5 Å². The van der Waals surface area contributed by atoms with Gasteiger partial charge in [0.2, 0.25) is 5.91 Å². The highest BCUT2D eigenvalue weighted by Gasteiger charge is 2.65. The van der Waals surface area contributed by atoms with E-state index in [2.05, 4.69) is 33.0 Å². The standard InChI is InChI=1S/C14H26N2O/c1-13(2)12(14(13,3)4)16-11(17)8-9-6-5-7-10(9)15/h9-10,12H,5-8,15H2,1-4H3,(H,16,17)/t9-,10+/m0/s1. The maximum absolute atomic E-state index is 12.0. The molecule has 2 saturated carbocycles. The predicted octanol–water partition coefficient (Wildman–Crippen LogP) is 2.05. The molecule has 0 spiro atoms. The summed E-state index contributed by atoms with van der Waals surface area (Å²) in [6, 6.07) is 0.557. The number of hydrogen-bond acceptors (Lipinski definition) is 2. The van der Waals surface area contributed by atoms with Crippen molar-refractivity contribution in [2.75, 3.05) is 0 Å². The van der Waals surface area contributed by atoms with E-state index in [9.17, 15) is 4.79 Å². The molecule has 0 unspecified atom stereocenters. The van der Waals surface area contributed by atoms with Gasteiger partial charge in [-0.15, -0.1) is 0 Å². The van der Waals surface area contributed by atoms with Crippen LogP contribution in [-0.2, 0) is 4.79 Å². The quantitative estimate of drug-likeness (QED) is 0.790. The van der Waals surface area contributed by atoms with E-state index in [1.165, 1.54) is 6.42 Å². The van der Waals surface area contributed by atoms with Crippen molar-refractivity contribution in [3.05, 3.63) is 0 Å². The second-order valence-corrected chi connectivity index (χ2v) is 7.00. The highest BCUT2D eigenvalue weighted by Crippen LogP contribution is 2.62. The number of carbonyl (C=O) groups excluding carboxylic acids is 1. The largest absolute Gasteiger partial charge is 0.352 e. The van der Waals surface area contributed by atoms with Crippen LogP contribution in [0.4, 0.5) is 0 Å². The molecular formula is C14H26N2O. The van der Waals surface area contributed by atoms with Crippen LogP contribution in [0.5, 0.6) is 0 Å². The first kappa shape index (κ1) is 12.9. The van der Waals surface area contributed by atoms with Crippen molar-refractivity contribution in [1.82, 2.24) is 5.32 Å². The topological polar surface area (TPSA) is 55.1 Å². The molecule has 2 fully saturated rings. The summed E-state index contributed by atoms with van der Waals surface area (Å²) in [6.07, 6.45) is 3.99. The summed E-state index contributed by atoms with van der Waals surface area (Å²) in [5.74, 6) is 0.593. The number of amides is 1. The van der Waals surface area contributed by atoms with Crippen LogP contribution >= 0.6 is 0 Å². The summed E-state index contributed by atoms with van der Waals surface area (Å²) < 4.78 is 0. The molecule has 2 aliphatic rings. The summed E-state index contributed by atoms with van der Waals surface area (Å²) in [6.45, 7) is 8.89. The zero-order chi connectivity index (χ0) is 12.8. The summed E-state index contributed by atoms with van der Waals surface area (Å²) in [5, 5.41) is 3.19. The van der Waals surface area contributed by atoms with Crippen LogP contribution in [0.15, 0.2) is 0 Å². The molecule has 0 heterocycles. The third-order valence-corrected chi connectivity index (χ3v) is 5.49. The molecule has 2 aliphatic carbocycles. The van der Waals surface area contributed by atoms with Crippen LogP contribution in [0.3, 0.4) is 0 Å². The molecular weight excluding hydrogens is 212 g/mol. The van der Waals surface area contributed by atoms with Gasteiger partial charge in [0.05, 0.1) is 0 Å². The summed E-state index contributed by atoms with van der Waals surface area (Å²) in [5.41, 5.74) is 6.45. The second-order valence-electron chi connectivity index (χ2n) is 7.00.